The van der Waals surface area contributed by atoms with E-state index in [0.29, 0.717) is 29.2 Å². The van der Waals surface area contributed by atoms with E-state index in [1.165, 1.54) is 19.1 Å². The summed E-state index contributed by atoms with van der Waals surface area (Å²) in [6.45, 7) is 5.06. The highest BCUT2D eigenvalue weighted by atomic mass is 16.5. The van der Waals surface area contributed by atoms with Gasteiger partial charge in [-0.2, -0.15) is 0 Å². The number of carbonyl (C=O) groups excluding carboxylic acids is 2. The van der Waals surface area contributed by atoms with Crippen LogP contribution in [-0.2, 0) is 14.3 Å². The monoisotopic (exact) mass is 453 g/mol. The van der Waals surface area contributed by atoms with Gasteiger partial charge in [-0.15, -0.1) is 0 Å². The van der Waals surface area contributed by atoms with Gasteiger partial charge in [0.15, 0.2) is 0 Å². The van der Waals surface area contributed by atoms with Gasteiger partial charge in [0.05, 0.1) is 37.5 Å². The molecule has 3 rings (SSSR count). The number of unbranched alkanes of at least 4 members (excludes halogenated alkanes) is 1. The van der Waals surface area contributed by atoms with Crippen molar-refractivity contribution >= 4 is 17.4 Å². The quantitative estimate of drug-likeness (QED) is 0.251. The minimum atomic E-state index is -0.755. The van der Waals surface area contributed by atoms with Gasteiger partial charge in [-0.1, -0.05) is 37.1 Å². The summed E-state index contributed by atoms with van der Waals surface area (Å²) >= 11 is 0. The van der Waals surface area contributed by atoms with E-state index in [1.807, 2.05) is 37.3 Å². The Morgan fingerprint density at radius 1 is 1.06 bits per heavy atom. The van der Waals surface area contributed by atoms with Gasteiger partial charge >= 0.3 is 0 Å². The standard InChI is InChI=1S/C26H31NO6/c1-5-6-14-33-19-10-8-18(9-11-19)23-22(25(29)26(30)27(23)13-15-31-3)24(28)20-16-17(2)7-12-21(20)32-4/h7-12,16,23,28H,5-6,13-15H2,1-4H3/b24-22+. The molecule has 2 aromatic rings. The van der Waals surface area contributed by atoms with Crippen LogP contribution in [0.2, 0.25) is 0 Å². The lowest BCUT2D eigenvalue weighted by molar-refractivity contribution is -0.140. The Hall–Kier alpha value is -3.32. The Labute approximate surface area is 194 Å². The number of aliphatic hydroxyl groups is 1. The summed E-state index contributed by atoms with van der Waals surface area (Å²) < 4.78 is 16.3. The molecule has 0 radical (unpaired) electrons. The van der Waals surface area contributed by atoms with Gasteiger partial charge in [-0.25, -0.2) is 0 Å². The van der Waals surface area contributed by atoms with Gasteiger partial charge in [-0.3, -0.25) is 9.59 Å². The number of hydrogen-bond donors (Lipinski definition) is 1. The number of aliphatic hydroxyl groups excluding tert-OH is 1. The van der Waals surface area contributed by atoms with Gasteiger partial charge in [-0.05, 0) is 43.2 Å². The van der Waals surface area contributed by atoms with Gasteiger partial charge in [0.2, 0.25) is 0 Å². The Balaban J connectivity index is 2.09. The van der Waals surface area contributed by atoms with Crippen molar-refractivity contribution in [3.8, 4) is 11.5 Å². The molecule has 1 fully saturated rings. The molecule has 0 saturated carbocycles. The highest BCUT2D eigenvalue weighted by molar-refractivity contribution is 6.46. The van der Waals surface area contributed by atoms with E-state index in [4.69, 9.17) is 14.2 Å². The largest absolute Gasteiger partial charge is 0.507 e. The summed E-state index contributed by atoms with van der Waals surface area (Å²) in [7, 11) is 3.03. The first-order valence-corrected chi connectivity index (χ1v) is 11.1. The summed E-state index contributed by atoms with van der Waals surface area (Å²) in [5, 5.41) is 11.3. The van der Waals surface area contributed by atoms with Crippen LogP contribution in [-0.4, -0.2) is 55.7 Å². The van der Waals surface area contributed by atoms with Crippen LogP contribution in [0.1, 0.15) is 42.5 Å². The Bertz CT molecular complexity index is 1030. The summed E-state index contributed by atoms with van der Waals surface area (Å²) in [5.41, 5.74) is 1.98. The number of hydrogen-bond acceptors (Lipinski definition) is 6. The third kappa shape index (κ3) is 5.20. The van der Waals surface area contributed by atoms with Crippen LogP contribution >= 0.6 is 0 Å². The number of benzene rings is 2. The van der Waals surface area contributed by atoms with Crippen molar-refractivity contribution in [3.05, 3.63) is 64.7 Å². The van der Waals surface area contributed by atoms with Crippen molar-refractivity contribution in [1.82, 2.24) is 4.90 Å². The van der Waals surface area contributed by atoms with E-state index >= 15 is 0 Å². The number of methoxy groups -OCH3 is 2. The molecule has 1 aliphatic rings. The zero-order chi connectivity index (χ0) is 24.0. The fourth-order valence-electron chi connectivity index (χ4n) is 3.88. The molecule has 1 amide bonds. The fraction of sp³-hybridized carbons (Fsp3) is 0.385. The molecule has 33 heavy (non-hydrogen) atoms. The van der Waals surface area contributed by atoms with Crippen molar-refractivity contribution in [3.63, 3.8) is 0 Å². The predicted octanol–water partition coefficient (Wildman–Crippen LogP) is 4.25. The first kappa shape index (κ1) is 24.3. The van der Waals surface area contributed by atoms with Crippen LogP contribution in [0.4, 0.5) is 0 Å². The zero-order valence-electron chi connectivity index (χ0n) is 19.6. The minimum absolute atomic E-state index is 0.0275. The molecule has 1 atom stereocenters. The third-order valence-electron chi connectivity index (χ3n) is 5.65. The smallest absolute Gasteiger partial charge is 0.295 e. The van der Waals surface area contributed by atoms with Gasteiger partial charge in [0, 0.05) is 13.7 Å². The topological polar surface area (TPSA) is 85.3 Å². The predicted molar refractivity (Wildman–Crippen MR) is 125 cm³/mol. The van der Waals surface area contributed by atoms with E-state index in [1.54, 1.807) is 12.1 Å². The Kier molecular flexibility index (Phi) is 8.11. The molecule has 176 valence electrons. The van der Waals surface area contributed by atoms with Crippen LogP contribution in [0.5, 0.6) is 11.5 Å². The van der Waals surface area contributed by atoms with E-state index in [-0.39, 0.29) is 24.5 Å². The molecule has 1 aliphatic heterocycles. The van der Waals surface area contributed by atoms with Crippen LogP contribution in [0, 0.1) is 6.92 Å². The van der Waals surface area contributed by atoms with Gasteiger partial charge in [0.1, 0.15) is 17.3 Å². The first-order chi connectivity index (χ1) is 15.9. The molecular weight excluding hydrogens is 422 g/mol. The highest BCUT2D eigenvalue weighted by Crippen LogP contribution is 2.41. The lowest BCUT2D eigenvalue weighted by Gasteiger charge is -2.25. The molecule has 0 aromatic heterocycles. The summed E-state index contributed by atoms with van der Waals surface area (Å²) in [6.07, 6.45) is 1.99. The third-order valence-corrected chi connectivity index (χ3v) is 5.65. The molecule has 1 N–H and O–H groups in total. The van der Waals surface area contributed by atoms with Crippen molar-refractivity contribution < 1.29 is 28.9 Å². The molecule has 7 nitrogen and oxygen atoms in total. The van der Waals surface area contributed by atoms with Crippen molar-refractivity contribution in [2.24, 2.45) is 0 Å². The van der Waals surface area contributed by atoms with Crippen LogP contribution in [0.15, 0.2) is 48.0 Å². The molecule has 0 aliphatic carbocycles. The lowest BCUT2D eigenvalue weighted by atomic mass is 9.94. The number of amides is 1. The zero-order valence-corrected chi connectivity index (χ0v) is 19.6. The maximum Gasteiger partial charge on any atom is 0.295 e. The minimum Gasteiger partial charge on any atom is -0.507 e. The van der Waals surface area contributed by atoms with E-state index in [2.05, 4.69) is 6.92 Å². The number of aryl methyl sites for hydroxylation is 1. The molecule has 0 bridgehead atoms. The molecular formula is C26H31NO6. The second kappa shape index (κ2) is 11.0. The van der Waals surface area contributed by atoms with E-state index < -0.39 is 17.7 Å². The van der Waals surface area contributed by atoms with Crippen molar-refractivity contribution in [1.29, 1.82) is 0 Å². The highest BCUT2D eigenvalue weighted by Gasteiger charge is 2.46. The van der Waals surface area contributed by atoms with Crippen molar-refractivity contribution in [2.45, 2.75) is 32.7 Å². The molecule has 1 saturated heterocycles. The lowest BCUT2D eigenvalue weighted by Crippen LogP contribution is -2.32. The van der Waals surface area contributed by atoms with Crippen LogP contribution in [0.3, 0.4) is 0 Å². The van der Waals surface area contributed by atoms with Crippen LogP contribution < -0.4 is 9.47 Å². The number of ether oxygens (including phenoxy) is 3. The number of rotatable bonds is 10. The Morgan fingerprint density at radius 2 is 1.79 bits per heavy atom. The summed E-state index contributed by atoms with van der Waals surface area (Å²) in [4.78, 5) is 27.4. The normalized spacial score (nSPS) is 17.5. The fourth-order valence-corrected chi connectivity index (χ4v) is 3.88. The maximum absolute atomic E-state index is 13.1. The number of Topliss-reactive ketones (excluding diaryl/α,β-unsaturated/α-hetero) is 1. The van der Waals surface area contributed by atoms with Crippen molar-refractivity contribution in [2.75, 3.05) is 34.0 Å². The summed E-state index contributed by atoms with van der Waals surface area (Å²) in [5.74, 6) is -0.544. The molecule has 0 spiro atoms. The second-order valence-corrected chi connectivity index (χ2v) is 7.96. The van der Waals surface area contributed by atoms with Gasteiger partial charge < -0.3 is 24.2 Å². The average molecular weight is 454 g/mol. The maximum atomic E-state index is 13.1. The number of likely N-dealkylation sites (tertiary alicyclic amines) is 1. The molecule has 2 aromatic carbocycles. The first-order valence-electron chi connectivity index (χ1n) is 11.1. The molecule has 7 heteroatoms. The Morgan fingerprint density at radius 3 is 2.42 bits per heavy atom. The number of ketones is 1. The average Bonchev–Trinajstić information content (AvgIpc) is 3.07. The number of carbonyl (C=O) groups is 2. The molecule has 1 heterocycles. The molecule has 1 unspecified atom stereocenters. The van der Waals surface area contributed by atoms with Crippen LogP contribution in [0.25, 0.3) is 5.76 Å². The van der Waals surface area contributed by atoms with E-state index in [0.717, 1.165) is 18.4 Å². The van der Waals surface area contributed by atoms with E-state index in [9.17, 15) is 14.7 Å². The SMILES string of the molecule is CCCCOc1ccc(C2/C(=C(\O)c3cc(C)ccc3OC)C(=O)C(=O)N2CCOC)cc1. The summed E-state index contributed by atoms with van der Waals surface area (Å²) in [6, 6.07) is 11.8. The second-order valence-electron chi connectivity index (χ2n) is 7.96. The van der Waals surface area contributed by atoms with Gasteiger partial charge in [0.25, 0.3) is 11.7 Å². The number of nitrogens with zero attached hydrogens (tertiary/aromatic N) is 1.